The predicted molar refractivity (Wildman–Crippen MR) is 170 cm³/mol. The number of fused-ring (bicyclic) bond motifs is 3. The van der Waals surface area contributed by atoms with Gasteiger partial charge in [0.05, 0.1) is 7.11 Å². The lowest BCUT2D eigenvalue weighted by Gasteiger charge is -2.44. The van der Waals surface area contributed by atoms with Crippen LogP contribution >= 0.6 is 0 Å². The van der Waals surface area contributed by atoms with Gasteiger partial charge < -0.3 is 30.2 Å². The van der Waals surface area contributed by atoms with Crippen LogP contribution in [0.15, 0.2) is 65.6 Å². The number of amides is 3. The number of hydrogen-bond donors (Lipinski definition) is 4. The Hall–Kier alpha value is -4.67. The van der Waals surface area contributed by atoms with E-state index < -0.39 is 29.4 Å². The first-order valence-electron chi connectivity index (χ1n) is 15.6. The molecule has 0 radical (unpaired) electrons. The van der Waals surface area contributed by atoms with E-state index in [4.69, 9.17) is 0 Å². The van der Waals surface area contributed by atoms with Crippen molar-refractivity contribution in [1.29, 1.82) is 0 Å². The summed E-state index contributed by atoms with van der Waals surface area (Å²) in [5.74, 6) is -0.262. The molecule has 2 fully saturated rings. The molecule has 3 amide bonds. The number of nitrogens with one attached hydrogen (secondary N) is 4. The molecule has 238 valence electrons. The molecule has 11 nitrogen and oxygen atoms in total. The summed E-state index contributed by atoms with van der Waals surface area (Å²) in [4.78, 5) is 67.5. The van der Waals surface area contributed by atoms with Gasteiger partial charge in [0.2, 0.25) is 11.8 Å². The molecule has 1 aromatic carbocycles. The largest absolute Gasteiger partial charge is 0.466 e. The van der Waals surface area contributed by atoms with E-state index >= 15 is 0 Å². The highest BCUT2D eigenvalue weighted by Crippen LogP contribution is 2.42. The van der Waals surface area contributed by atoms with Gasteiger partial charge in [-0.2, -0.15) is 0 Å². The van der Waals surface area contributed by atoms with E-state index in [1.54, 1.807) is 18.2 Å². The Bertz CT molecular complexity index is 1610. The Morgan fingerprint density at radius 2 is 1.93 bits per heavy atom. The van der Waals surface area contributed by atoms with E-state index in [-0.39, 0.29) is 42.7 Å². The molecular formula is C34H41N5O6. The van der Waals surface area contributed by atoms with Gasteiger partial charge in [-0.25, -0.2) is 4.79 Å². The number of pyridine rings is 1. The maximum Gasteiger partial charge on any atom is 0.330 e. The zero-order valence-electron chi connectivity index (χ0n) is 25.7. The third kappa shape index (κ3) is 7.89. The second-order valence-electron chi connectivity index (χ2n) is 12.2. The number of ether oxygens (including phenoxy) is 1. The Morgan fingerprint density at radius 3 is 2.73 bits per heavy atom. The first-order valence-corrected chi connectivity index (χ1v) is 15.6. The van der Waals surface area contributed by atoms with Crippen LogP contribution in [-0.4, -0.2) is 52.4 Å². The minimum absolute atomic E-state index is 0.00794. The van der Waals surface area contributed by atoms with Gasteiger partial charge in [0.15, 0.2) is 0 Å². The lowest BCUT2D eigenvalue weighted by molar-refractivity contribution is -0.134. The number of H-pyrrole nitrogens is 1. The molecule has 3 aromatic rings. The van der Waals surface area contributed by atoms with Gasteiger partial charge in [0.1, 0.15) is 24.0 Å². The van der Waals surface area contributed by atoms with E-state index in [9.17, 15) is 24.0 Å². The highest BCUT2D eigenvalue weighted by atomic mass is 16.5. The topological polar surface area (TPSA) is 151 Å². The molecule has 2 aliphatic carbocycles. The van der Waals surface area contributed by atoms with Gasteiger partial charge in [0, 0.05) is 29.2 Å². The van der Waals surface area contributed by atoms with Crippen molar-refractivity contribution < 1.29 is 23.9 Å². The molecule has 4 N–H and O–H groups in total. The van der Waals surface area contributed by atoms with E-state index in [0.29, 0.717) is 11.8 Å². The number of carbonyl (C=O) groups is 4. The molecule has 0 aliphatic heterocycles. The Balaban J connectivity index is 1.26. The fourth-order valence-corrected chi connectivity index (χ4v) is 6.84. The highest BCUT2D eigenvalue weighted by molar-refractivity contribution is 6.02. The van der Waals surface area contributed by atoms with Gasteiger partial charge >= 0.3 is 5.97 Å². The van der Waals surface area contributed by atoms with E-state index in [2.05, 4.69) is 32.6 Å². The number of nitrogens with zero attached hydrogens (tertiary/aromatic N) is 1. The fourth-order valence-electron chi connectivity index (χ4n) is 6.84. The summed E-state index contributed by atoms with van der Waals surface area (Å²) in [7, 11) is 1.26. The SMILES string of the molecule is COC(=O)/C=C/CC[C@H](NC(=O)c1cc2ccccc2[nH]1)C(=O)Nc1cccn(CC(=O)NC2C(C)CC3CCCC2C3)c1=O. The molecule has 2 aliphatic rings. The lowest BCUT2D eigenvalue weighted by atomic mass is 9.65. The summed E-state index contributed by atoms with van der Waals surface area (Å²) in [5.41, 5.74) is 0.524. The standard InChI is InChI=1S/C34H41N5O6/c1-21-17-22-9-7-11-24(18-22)31(21)38-29(40)20-39-16-8-14-27(34(39)44)37-32(42)26(13-5-6-15-30(41)45-2)36-33(43)28-19-23-10-3-4-12-25(23)35-28/h3-4,6,8,10,12,14-16,19,21-22,24,26,31,35H,5,7,9,11,13,17-18,20H2,1-2H3,(H,36,43)(H,37,42)(H,38,40)/b15-6+/t21?,22?,24?,26-,31?/m0/s1. The summed E-state index contributed by atoms with van der Waals surface area (Å²) in [6, 6.07) is 11.2. The van der Waals surface area contributed by atoms with Crippen molar-refractivity contribution >= 4 is 40.3 Å². The van der Waals surface area contributed by atoms with Crippen molar-refractivity contribution in [2.24, 2.45) is 17.8 Å². The van der Waals surface area contributed by atoms with Crippen LogP contribution in [0.25, 0.3) is 10.9 Å². The second kappa shape index (κ2) is 14.4. The minimum Gasteiger partial charge on any atom is -0.466 e. The van der Waals surface area contributed by atoms with Crippen LogP contribution in [0.1, 0.15) is 62.4 Å². The third-order valence-electron chi connectivity index (χ3n) is 9.04. The number of aromatic amines is 1. The van der Waals surface area contributed by atoms with E-state index in [0.717, 1.165) is 36.1 Å². The molecule has 2 aromatic heterocycles. The van der Waals surface area contributed by atoms with Crippen LogP contribution in [0.4, 0.5) is 5.69 Å². The highest BCUT2D eigenvalue weighted by Gasteiger charge is 2.38. The minimum atomic E-state index is -1.03. The average Bonchev–Trinajstić information content (AvgIpc) is 3.47. The van der Waals surface area contributed by atoms with Gasteiger partial charge in [-0.15, -0.1) is 0 Å². The van der Waals surface area contributed by atoms with Crippen LogP contribution in [0, 0.1) is 17.8 Å². The molecule has 2 bridgehead atoms. The number of rotatable bonds is 11. The number of benzene rings is 1. The fraction of sp³-hybridized carbons (Fsp3) is 0.441. The number of methoxy groups -OCH3 is 1. The van der Waals surface area contributed by atoms with E-state index in [1.165, 1.54) is 42.9 Å². The molecular weight excluding hydrogens is 574 g/mol. The molecule has 4 unspecified atom stereocenters. The van der Waals surface area contributed by atoms with Gasteiger partial charge in [0.25, 0.3) is 11.5 Å². The van der Waals surface area contributed by atoms with Crippen molar-refractivity contribution in [3.63, 3.8) is 0 Å². The van der Waals surface area contributed by atoms with Crippen LogP contribution in [0.3, 0.4) is 0 Å². The first kappa shape index (κ1) is 31.7. The number of aromatic nitrogens is 2. The van der Waals surface area contributed by atoms with Gasteiger partial charge in [-0.05, 0) is 74.1 Å². The predicted octanol–water partition coefficient (Wildman–Crippen LogP) is 3.91. The van der Waals surface area contributed by atoms with Crippen LogP contribution < -0.4 is 21.5 Å². The molecule has 5 rings (SSSR count). The second-order valence-corrected chi connectivity index (χ2v) is 12.2. The molecule has 5 atom stereocenters. The van der Waals surface area contributed by atoms with Gasteiger partial charge in [-0.1, -0.05) is 44.0 Å². The maximum absolute atomic E-state index is 13.4. The number of carbonyl (C=O) groups excluding carboxylic acids is 4. The molecule has 11 heteroatoms. The van der Waals surface area contributed by atoms with Crippen molar-refractivity contribution in [1.82, 2.24) is 20.2 Å². The van der Waals surface area contributed by atoms with Crippen molar-refractivity contribution in [2.75, 3.05) is 12.4 Å². The summed E-state index contributed by atoms with van der Waals surface area (Å²) in [5, 5.41) is 9.42. The Kier molecular flexibility index (Phi) is 10.2. The van der Waals surface area contributed by atoms with Crippen LogP contribution in [0.2, 0.25) is 0 Å². The Morgan fingerprint density at radius 1 is 1.11 bits per heavy atom. The van der Waals surface area contributed by atoms with Crippen LogP contribution in [-0.2, 0) is 25.7 Å². The number of allylic oxidation sites excluding steroid dienone is 1. The Labute approximate surface area is 261 Å². The number of hydrogen-bond acceptors (Lipinski definition) is 6. The smallest absolute Gasteiger partial charge is 0.330 e. The number of para-hydroxylation sites is 1. The summed E-state index contributed by atoms with van der Waals surface area (Å²) in [6.45, 7) is 2.02. The normalized spacial score (nSPS) is 21.6. The van der Waals surface area contributed by atoms with Crippen LogP contribution in [0.5, 0.6) is 0 Å². The molecule has 0 saturated heterocycles. The van der Waals surface area contributed by atoms with Crippen molar-refractivity contribution in [3.05, 3.63) is 76.9 Å². The number of esters is 1. The summed E-state index contributed by atoms with van der Waals surface area (Å²) in [6.07, 6.45) is 10.6. The quantitative estimate of drug-likeness (QED) is 0.190. The van der Waals surface area contributed by atoms with Gasteiger partial charge in [-0.3, -0.25) is 19.2 Å². The maximum atomic E-state index is 13.4. The average molecular weight is 616 g/mol. The summed E-state index contributed by atoms with van der Waals surface area (Å²) < 4.78 is 5.88. The molecule has 45 heavy (non-hydrogen) atoms. The first-order chi connectivity index (χ1) is 21.7. The van der Waals surface area contributed by atoms with Crippen molar-refractivity contribution in [2.45, 2.75) is 70.5 Å². The summed E-state index contributed by atoms with van der Waals surface area (Å²) >= 11 is 0. The molecule has 2 heterocycles. The monoisotopic (exact) mass is 615 g/mol. The zero-order valence-corrected chi connectivity index (χ0v) is 25.7. The third-order valence-corrected chi connectivity index (χ3v) is 9.04. The number of anilines is 1. The lowest BCUT2D eigenvalue weighted by Crippen LogP contribution is -2.50. The van der Waals surface area contributed by atoms with Crippen molar-refractivity contribution in [3.8, 4) is 0 Å². The molecule has 2 saturated carbocycles. The molecule has 0 spiro atoms. The zero-order chi connectivity index (χ0) is 31.9. The van der Waals surface area contributed by atoms with E-state index in [1.807, 2.05) is 24.3 Å².